The third kappa shape index (κ3) is 4.52. The molecule has 1 aromatic rings. The SMILES string of the molecule is O=C(O)COCCNC(=O)c1ccccc1O. The lowest BCUT2D eigenvalue weighted by molar-refractivity contribution is -0.142. The van der Waals surface area contributed by atoms with Crippen molar-refractivity contribution in [1.29, 1.82) is 0 Å². The van der Waals surface area contributed by atoms with Crippen molar-refractivity contribution in [2.75, 3.05) is 19.8 Å². The molecule has 3 N–H and O–H groups in total. The predicted molar refractivity (Wildman–Crippen MR) is 58.9 cm³/mol. The van der Waals surface area contributed by atoms with Crippen molar-refractivity contribution in [3.8, 4) is 5.75 Å². The first-order chi connectivity index (χ1) is 8.11. The molecule has 0 bridgehead atoms. The number of benzene rings is 1. The van der Waals surface area contributed by atoms with Gasteiger partial charge in [0.2, 0.25) is 0 Å². The molecule has 6 nitrogen and oxygen atoms in total. The van der Waals surface area contributed by atoms with Crippen LogP contribution in [0.25, 0.3) is 0 Å². The molecule has 0 radical (unpaired) electrons. The van der Waals surface area contributed by atoms with Crippen LogP contribution in [0, 0.1) is 0 Å². The molecule has 1 aromatic carbocycles. The quantitative estimate of drug-likeness (QED) is 0.617. The molecule has 92 valence electrons. The van der Waals surface area contributed by atoms with Crippen LogP contribution in [0.4, 0.5) is 0 Å². The molecule has 0 unspecified atom stereocenters. The first-order valence-electron chi connectivity index (χ1n) is 4.97. The van der Waals surface area contributed by atoms with Gasteiger partial charge in [0.1, 0.15) is 12.4 Å². The summed E-state index contributed by atoms with van der Waals surface area (Å²) in [5, 5.41) is 20.2. The molecule has 1 amide bonds. The highest BCUT2D eigenvalue weighted by Gasteiger charge is 2.08. The third-order valence-electron chi connectivity index (χ3n) is 1.91. The van der Waals surface area contributed by atoms with E-state index in [2.05, 4.69) is 5.32 Å². The summed E-state index contributed by atoms with van der Waals surface area (Å²) in [7, 11) is 0. The fraction of sp³-hybridized carbons (Fsp3) is 0.273. The minimum atomic E-state index is -1.06. The predicted octanol–water partition coefficient (Wildman–Crippen LogP) is 0.223. The number of carbonyl (C=O) groups is 2. The highest BCUT2D eigenvalue weighted by molar-refractivity contribution is 5.96. The Morgan fingerprint density at radius 2 is 2.00 bits per heavy atom. The maximum absolute atomic E-state index is 11.5. The van der Waals surface area contributed by atoms with E-state index < -0.39 is 18.5 Å². The van der Waals surface area contributed by atoms with Crippen molar-refractivity contribution >= 4 is 11.9 Å². The molecule has 0 atom stereocenters. The molecule has 0 saturated heterocycles. The van der Waals surface area contributed by atoms with E-state index in [0.29, 0.717) is 0 Å². The lowest BCUT2D eigenvalue weighted by Gasteiger charge is -2.06. The Morgan fingerprint density at radius 1 is 1.29 bits per heavy atom. The summed E-state index contributed by atoms with van der Waals surface area (Å²) < 4.78 is 4.73. The van der Waals surface area contributed by atoms with Gasteiger partial charge in [-0.05, 0) is 12.1 Å². The van der Waals surface area contributed by atoms with Gasteiger partial charge in [-0.1, -0.05) is 12.1 Å². The molecule has 0 aromatic heterocycles. The number of nitrogens with one attached hydrogen (secondary N) is 1. The molecule has 0 spiro atoms. The fourth-order valence-electron chi connectivity index (χ4n) is 1.16. The first-order valence-corrected chi connectivity index (χ1v) is 4.97. The van der Waals surface area contributed by atoms with Crippen LogP contribution in [0.2, 0.25) is 0 Å². The lowest BCUT2D eigenvalue weighted by atomic mass is 10.2. The standard InChI is InChI=1S/C11H13NO5/c13-9-4-2-1-3-8(9)11(16)12-5-6-17-7-10(14)15/h1-4,13H,5-7H2,(H,12,16)(H,14,15). The number of rotatable bonds is 6. The Morgan fingerprint density at radius 3 is 2.65 bits per heavy atom. The number of aromatic hydroxyl groups is 1. The molecule has 17 heavy (non-hydrogen) atoms. The summed E-state index contributed by atoms with van der Waals surface area (Å²) in [6, 6.07) is 6.15. The van der Waals surface area contributed by atoms with Gasteiger partial charge in [-0.2, -0.15) is 0 Å². The van der Waals surface area contributed by atoms with Crippen LogP contribution in [0.15, 0.2) is 24.3 Å². The summed E-state index contributed by atoms with van der Waals surface area (Å²) in [6.07, 6.45) is 0. The van der Waals surface area contributed by atoms with Gasteiger partial charge >= 0.3 is 5.97 Å². The van der Waals surface area contributed by atoms with Crippen molar-refractivity contribution in [1.82, 2.24) is 5.32 Å². The van der Waals surface area contributed by atoms with Crippen LogP contribution in [0.1, 0.15) is 10.4 Å². The second kappa shape index (κ2) is 6.49. The number of carbonyl (C=O) groups excluding carboxylic acids is 1. The molecule has 0 aliphatic heterocycles. The summed E-state index contributed by atoms with van der Waals surface area (Å²) in [4.78, 5) is 21.6. The first kappa shape index (κ1) is 13.0. The number of hydrogen-bond acceptors (Lipinski definition) is 4. The summed E-state index contributed by atoms with van der Waals surface area (Å²) in [5.41, 5.74) is 0.172. The van der Waals surface area contributed by atoms with Crippen molar-refractivity contribution in [3.63, 3.8) is 0 Å². The average molecular weight is 239 g/mol. The zero-order valence-electron chi connectivity index (χ0n) is 9.05. The highest BCUT2D eigenvalue weighted by atomic mass is 16.5. The van der Waals surface area contributed by atoms with Crippen molar-refractivity contribution < 1.29 is 24.5 Å². The molecule has 0 heterocycles. The second-order valence-corrected chi connectivity index (χ2v) is 3.22. The van der Waals surface area contributed by atoms with Crippen molar-refractivity contribution in [2.24, 2.45) is 0 Å². The number of phenolic OH excluding ortho intramolecular Hbond substituents is 1. The zero-order chi connectivity index (χ0) is 12.7. The average Bonchev–Trinajstić information content (AvgIpc) is 2.28. The molecule has 0 aliphatic rings. The topological polar surface area (TPSA) is 95.9 Å². The van der Waals surface area contributed by atoms with Gasteiger partial charge in [0.25, 0.3) is 5.91 Å². The normalized spacial score (nSPS) is 9.88. The number of ether oxygens (including phenoxy) is 1. The summed E-state index contributed by atoms with van der Waals surface area (Å²) >= 11 is 0. The zero-order valence-corrected chi connectivity index (χ0v) is 9.05. The van der Waals surface area contributed by atoms with E-state index in [1.54, 1.807) is 12.1 Å². The largest absolute Gasteiger partial charge is 0.507 e. The highest BCUT2D eigenvalue weighted by Crippen LogP contribution is 2.14. The lowest BCUT2D eigenvalue weighted by Crippen LogP contribution is -2.27. The van der Waals surface area contributed by atoms with Gasteiger partial charge in [-0.15, -0.1) is 0 Å². The fourth-order valence-corrected chi connectivity index (χ4v) is 1.16. The molecule has 6 heteroatoms. The maximum atomic E-state index is 11.5. The van der Waals surface area contributed by atoms with Gasteiger partial charge in [-0.3, -0.25) is 4.79 Å². The summed E-state index contributed by atoms with van der Waals surface area (Å²) in [6.45, 7) is -0.113. The number of aliphatic carboxylic acids is 1. The van der Waals surface area contributed by atoms with Gasteiger partial charge in [0.15, 0.2) is 0 Å². The Kier molecular flexibility index (Phi) is 4.96. The molecule has 1 rings (SSSR count). The van der Waals surface area contributed by atoms with E-state index >= 15 is 0 Å². The van der Waals surface area contributed by atoms with E-state index in [1.165, 1.54) is 12.1 Å². The van der Waals surface area contributed by atoms with Crippen LogP contribution in [0.3, 0.4) is 0 Å². The van der Waals surface area contributed by atoms with Crippen LogP contribution in [-0.2, 0) is 9.53 Å². The van der Waals surface area contributed by atoms with Crippen molar-refractivity contribution in [2.45, 2.75) is 0 Å². The van der Waals surface area contributed by atoms with Gasteiger partial charge in [0.05, 0.1) is 12.2 Å². The number of para-hydroxylation sites is 1. The third-order valence-corrected chi connectivity index (χ3v) is 1.91. The van der Waals surface area contributed by atoms with Gasteiger partial charge in [0, 0.05) is 6.54 Å². The van der Waals surface area contributed by atoms with Crippen LogP contribution >= 0.6 is 0 Å². The number of phenols is 1. The molecule has 0 saturated carbocycles. The Labute approximate surface area is 97.8 Å². The van der Waals surface area contributed by atoms with E-state index in [-0.39, 0.29) is 24.5 Å². The van der Waals surface area contributed by atoms with Crippen LogP contribution < -0.4 is 5.32 Å². The summed E-state index contributed by atoms with van der Waals surface area (Å²) in [5.74, 6) is -1.59. The minimum absolute atomic E-state index is 0.101. The molecular formula is C11H13NO5. The Bertz CT molecular complexity index is 405. The smallest absolute Gasteiger partial charge is 0.329 e. The van der Waals surface area contributed by atoms with Crippen molar-refractivity contribution in [3.05, 3.63) is 29.8 Å². The Balaban J connectivity index is 2.31. The van der Waals surface area contributed by atoms with E-state index in [0.717, 1.165) is 0 Å². The van der Waals surface area contributed by atoms with E-state index in [4.69, 9.17) is 9.84 Å². The van der Waals surface area contributed by atoms with Crippen LogP contribution in [-0.4, -0.2) is 41.8 Å². The molecular weight excluding hydrogens is 226 g/mol. The maximum Gasteiger partial charge on any atom is 0.329 e. The minimum Gasteiger partial charge on any atom is -0.507 e. The molecule has 0 aliphatic carbocycles. The van der Waals surface area contributed by atoms with Crippen LogP contribution in [0.5, 0.6) is 5.75 Å². The monoisotopic (exact) mass is 239 g/mol. The number of hydrogen-bond donors (Lipinski definition) is 3. The molecule has 0 fully saturated rings. The Hall–Kier alpha value is -2.08. The number of amides is 1. The van der Waals surface area contributed by atoms with E-state index in [1.807, 2.05) is 0 Å². The number of carboxylic acid groups (broad SMARTS) is 1. The van der Waals surface area contributed by atoms with Gasteiger partial charge in [-0.25, -0.2) is 4.79 Å². The number of carboxylic acids is 1. The second-order valence-electron chi connectivity index (χ2n) is 3.22. The van der Waals surface area contributed by atoms with E-state index in [9.17, 15) is 14.7 Å². The van der Waals surface area contributed by atoms with Gasteiger partial charge < -0.3 is 20.3 Å².